The molecule has 5 nitrogen and oxygen atoms in total. The van der Waals surface area contributed by atoms with Crippen molar-refractivity contribution in [3.63, 3.8) is 0 Å². The highest BCUT2D eigenvalue weighted by Crippen LogP contribution is 2.18. The van der Waals surface area contributed by atoms with Crippen molar-refractivity contribution in [1.82, 2.24) is 10.2 Å². The molecule has 19 heavy (non-hydrogen) atoms. The molecule has 1 aromatic carbocycles. The third kappa shape index (κ3) is 4.01. The quantitative estimate of drug-likeness (QED) is 0.650. The van der Waals surface area contributed by atoms with Crippen LogP contribution in [0.1, 0.15) is 18.4 Å². The normalized spacial score (nSPS) is 17.5. The van der Waals surface area contributed by atoms with Gasteiger partial charge in [-0.3, -0.25) is 10.1 Å². The highest BCUT2D eigenvalue weighted by atomic mass is 16.6. The summed E-state index contributed by atoms with van der Waals surface area (Å²) in [4.78, 5) is 12.9. The lowest BCUT2D eigenvalue weighted by Crippen LogP contribution is -2.41. The monoisotopic (exact) mass is 263 g/mol. The van der Waals surface area contributed by atoms with Gasteiger partial charge in [0.15, 0.2) is 0 Å². The molecule has 0 amide bonds. The molecule has 5 heteroatoms. The molecule has 0 unspecified atom stereocenters. The minimum absolute atomic E-state index is 0.229. The lowest BCUT2D eigenvalue weighted by atomic mass is 10.0. The number of piperidine rings is 1. The van der Waals surface area contributed by atoms with Crippen LogP contribution >= 0.6 is 0 Å². The fourth-order valence-corrected chi connectivity index (χ4v) is 2.52. The summed E-state index contributed by atoms with van der Waals surface area (Å²) in [5.41, 5.74) is 1.04. The molecule has 1 fully saturated rings. The van der Waals surface area contributed by atoms with Gasteiger partial charge in [-0.2, -0.15) is 0 Å². The SMILES string of the molecule is CN1CCC(NCCc2ccccc2[N+](=O)[O-])CC1. The van der Waals surface area contributed by atoms with E-state index < -0.39 is 0 Å². The zero-order valence-electron chi connectivity index (χ0n) is 11.3. The Morgan fingerprint density at radius 1 is 1.37 bits per heavy atom. The Kier molecular flexibility index (Phi) is 4.87. The van der Waals surface area contributed by atoms with Crippen molar-refractivity contribution in [1.29, 1.82) is 0 Å². The van der Waals surface area contributed by atoms with Crippen molar-refractivity contribution in [3.05, 3.63) is 39.9 Å². The number of rotatable bonds is 5. The minimum Gasteiger partial charge on any atom is -0.314 e. The number of hydrogen-bond acceptors (Lipinski definition) is 4. The molecule has 2 rings (SSSR count). The highest BCUT2D eigenvalue weighted by Gasteiger charge is 2.16. The number of nitro groups is 1. The first-order valence-corrected chi connectivity index (χ1v) is 6.81. The third-order valence-corrected chi connectivity index (χ3v) is 3.73. The van der Waals surface area contributed by atoms with E-state index in [0.717, 1.165) is 38.0 Å². The Labute approximate surface area is 113 Å². The number of hydrogen-bond donors (Lipinski definition) is 1. The molecule has 1 aromatic rings. The van der Waals surface area contributed by atoms with Crippen molar-refractivity contribution in [3.8, 4) is 0 Å². The van der Waals surface area contributed by atoms with Gasteiger partial charge in [-0.25, -0.2) is 0 Å². The van der Waals surface area contributed by atoms with Gasteiger partial charge in [0.2, 0.25) is 0 Å². The zero-order valence-corrected chi connectivity index (χ0v) is 11.3. The van der Waals surface area contributed by atoms with Crippen molar-refractivity contribution < 1.29 is 4.92 Å². The van der Waals surface area contributed by atoms with Crippen LogP contribution in [0.2, 0.25) is 0 Å². The molecular formula is C14H21N3O2. The molecule has 1 N–H and O–H groups in total. The van der Waals surface area contributed by atoms with E-state index >= 15 is 0 Å². The van der Waals surface area contributed by atoms with Crippen LogP contribution in [0.15, 0.2) is 24.3 Å². The van der Waals surface area contributed by atoms with Gasteiger partial charge < -0.3 is 10.2 Å². The summed E-state index contributed by atoms with van der Waals surface area (Å²) in [7, 11) is 2.14. The van der Waals surface area contributed by atoms with Gasteiger partial charge in [0.05, 0.1) is 4.92 Å². The van der Waals surface area contributed by atoms with Crippen LogP contribution < -0.4 is 5.32 Å². The number of nitrogens with one attached hydrogen (secondary N) is 1. The average Bonchev–Trinajstić information content (AvgIpc) is 2.41. The number of nitrogens with zero attached hydrogens (tertiary/aromatic N) is 2. The lowest BCUT2D eigenvalue weighted by Gasteiger charge is -2.29. The summed E-state index contributed by atoms with van der Waals surface area (Å²) in [5, 5.41) is 14.4. The van der Waals surface area contributed by atoms with E-state index in [1.807, 2.05) is 12.1 Å². The molecule has 0 atom stereocenters. The fourth-order valence-electron chi connectivity index (χ4n) is 2.52. The van der Waals surface area contributed by atoms with Crippen LogP contribution in [0.4, 0.5) is 5.69 Å². The number of para-hydroxylation sites is 1. The molecule has 0 saturated carbocycles. The van der Waals surface area contributed by atoms with E-state index in [9.17, 15) is 10.1 Å². The van der Waals surface area contributed by atoms with Crippen LogP contribution in [0.5, 0.6) is 0 Å². The number of likely N-dealkylation sites (tertiary alicyclic amines) is 1. The fraction of sp³-hybridized carbons (Fsp3) is 0.571. The zero-order chi connectivity index (χ0) is 13.7. The molecule has 1 aliphatic rings. The standard InChI is InChI=1S/C14H21N3O2/c1-16-10-7-13(8-11-16)15-9-6-12-4-2-3-5-14(12)17(18)19/h2-5,13,15H,6-11H2,1H3. The first kappa shape index (κ1) is 14.0. The topological polar surface area (TPSA) is 58.4 Å². The van der Waals surface area contributed by atoms with E-state index in [4.69, 9.17) is 0 Å². The maximum atomic E-state index is 10.9. The molecular weight excluding hydrogens is 242 g/mol. The average molecular weight is 263 g/mol. The summed E-state index contributed by atoms with van der Waals surface area (Å²) in [6, 6.07) is 7.54. The molecule has 1 aliphatic heterocycles. The third-order valence-electron chi connectivity index (χ3n) is 3.73. The van der Waals surface area contributed by atoms with Gasteiger partial charge >= 0.3 is 0 Å². The summed E-state index contributed by atoms with van der Waals surface area (Å²) in [6.45, 7) is 3.06. The van der Waals surface area contributed by atoms with Gasteiger partial charge in [-0.15, -0.1) is 0 Å². The second-order valence-electron chi connectivity index (χ2n) is 5.17. The molecule has 1 heterocycles. The lowest BCUT2D eigenvalue weighted by molar-refractivity contribution is -0.385. The predicted octanol–water partition coefficient (Wildman–Crippen LogP) is 1.82. The largest absolute Gasteiger partial charge is 0.314 e. The van der Waals surface area contributed by atoms with Crippen LogP contribution in [0.25, 0.3) is 0 Å². The molecule has 0 aromatic heterocycles. The van der Waals surface area contributed by atoms with Crippen LogP contribution in [0, 0.1) is 10.1 Å². The van der Waals surface area contributed by atoms with E-state index in [0.29, 0.717) is 12.5 Å². The molecule has 0 bridgehead atoms. The molecule has 0 radical (unpaired) electrons. The highest BCUT2D eigenvalue weighted by molar-refractivity contribution is 5.39. The maximum Gasteiger partial charge on any atom is 0.272 e. The minimum atomic E-state index is -0.301. The van der Waals surface area contributed by atoms with Crippen molar-refractivity contribution >= 4 is 5.69 Å². The van der Waals surface area contributed by atoms with Gasteiger partial charge in [0.1, 0.15) is 0 Å². The molecule has 1 saturated heterocycles. The van der Waals surface area contributed by atoms with Crippen molar-refractivity contribution in [2.45, 2.75) is 25.3 Å². The Balaban J connectivity index is 1.81. The van der Waals surface area contributed by atoms with E-state index in [1.165, 1.54) is 0 Å². The van der Waals surface area contributed by atoms with Gasteiger partial charge in [0, 0.05) is 17.7 Å². The summed E-state index contributed by atoms with van der Waals surface area (Å²) in [6.07, 6.45) is 3.03. The molecule has 104 valence electrons. The van der Waals surface area contributed by atoms with Crippen LogP contribution in [-0.2, 0) is 6.42 Å². The summed E-state index contributed by atoms with van der Waals surface area (Å²) < 4.78 is 0. The van der Waals surface area contributed by atoms with E-state index in [-0.39, 0.29) is 10.6 Å². The Hall–Kier alpha value is -1.46. The maximum absolute atomic E-state index is 10.9. The Morgan fingerprint density at radius 2 is 2.05 bits per heavy atom. The van der Waals surface area contributed by atoms with Crippen LogP contribution in [0.3, 0.4) is 0 Å². The Bertz CT molecular complexity index is 428. The van der Waals surface area contributed by atoms with E-state index in [1.54, 1.807) is 12.1 Å². The smallest absolute Gasteiger partial charge is 0.272 e. The first-order chi connectivity index (χ1) is 9.16. The molecule has 0 aliphatic carbocycles. The predicted molar refractivity (Wildman–Crippen MR) is 75.3 cm³/mol. The van der Waals surface area contributed by atoms with Gasteiger partial charge in [-0.1, -0.05) is 18.2 Å². The molecule has 0 spiro atoms. The number of benzene rings is 1. The van der Waals surface area contributed by atoms with E-state index in [2.05, 4.69) is 17.3 Å². The second-order valence-corrected chi connectivity index (χ2v) is 5.17. The Morgan fingerprint density at radius 3 is 2.74 bits per heavy atom. The van der Waals surface area contributed by atoms with Crippen LogP contribution in [-0.4, -0.2) is 42.5 Å². The van der Waals surface area contributed by atoms with Gasteiger partial charge in [-0.05, 0) is 45.9 Å². The summed E-state index contributed by atoms with van der Waals surface area (Å²) >= 11 is 0. The van der Waals surface area contributed by atoms with Crippen molar-refractivity contribution in [2.24, 2.45) is 0 Å². The van der Waals surface area contributed by atoms with Gasteiger partial charge in [0.25, 0.3) is 5.69 Å². The summed E-state index contributed by atoms with van der Waals surface area (Å²) in [5.74, 6) is 0. The second kappa shape index (κ2) is 6.63. The number of nitro benzene ring substituents is 1. The first-order valence-electron chi connectivity index (χ1n) is 6.81. The van der Waals surface area contributed by atoms with Crippen molar-refractivity contribution in [2.75, 3.05) is 26.7 Å².